The summed E-state index contributed by atoms with van der Waals surface area (Å²) in [5, 5.41) is 3.66. The molecule has 0 saturated carbocycles. The molecule has 1 amide bonds. The molecule has 6 nitrogen and oxygen atoms in total. The van der Waals surface area contributed by atoms with E-state index in [4.69, 9.17) is 9.47 Å². The standard InChI is InChI=1S/C20H17NO5S2/c22-20(14-5-2-1-3-6-14)21-12-19(18-7-4-10-27-18)28(23,24)15-8-9-16-17(11-15)26-13-25-16/h1-11,19H,12-13H2,(H,21,22)/t19-/m1/s1. The van der Waals surface area contributed by atoms with Crippen LogP contribution in [0.1, 0.15) is 20.5 Å². The molecule has 0 unspecified atom stereocenters. The molecule has 4 rings (SSSR count). The smallest absolute Gasteiger partial charge is 0.251 e. The molecule has 0 radical (unpaired) electrons. The topological polar surface area (TPSA) is 81.7 Å². The Kier molecular flexibility index (Phi) is 5.06. The largest absolute Gasteiger partial charge is 0.454 e. The molecule has 144 valence electrons. The van der Waals surface area contributed by atoms with Gasteiger partial charge in [-0.25, -0.2) is 8.42 Å². The Bertz CT molecular complexity index is 1080. The Morgan fingerprint density at radius 3 is 2.57 bits per heavy atom. The molecule has 8 heteroatoms. The molecule has 2 aromatic carbocycles. The highest BCUT2D eigenvalue weighted by Gasteiger charge is 2.32. The third-order valence-corrected chi connectivity index (χ3v) is 7.61. The maximum Gasteiger partial charge on any atom is 0.251 e. The lowest BCUT2D eigenvalue weighted by Crippen LogP contribution is -2.31. The molecule has 2 heterocycles. The molecule has 1 aliphatic heterocycles. The van der Waals surface area contributed by atoms with Crippen LogP contribution in [0.2, 0.25) is 0 Å². The lowest BCUT2D eigenvalue weighted by atomic mass is 10.2. The first kappa shape index (κ1) is 18.5. The van der Waals surface area contributed by atoms with Crippen LogP contribution in [0.5, 0.6) is 11.5 Å². The summed E-state index contributed by atoms with van der Waals surface area (Å²) in [5.41, 5.74) is 0.480. The van der Waals surface area contributed by atoms with Crippen molar-refractivity contribution >= 4 is 27.1 Å². The van der Waals surface area contributed by atoms with Crippen LogP contribution in [0.25, 0.3) is 0 Å². The SMILES string of the molecule is O=C(NC[C@H](c1cccs1)S(=O)(=O)c1ccc2c(c1)OCO2)c1ccccc1. The number of benzene rings is 2. The first-order valence-corrected chi connectivity index (χ1v) is 11.0. The Morgan fingerprint density at radius 1 is 1.04 bits per heavy atom. The zero-order valence-electron chi connectivity index (χ0n) is 14.7. The highest BCUT2D eigenvalue weighted by atomic mass is 32.2. The molecule has 1 N–H and O–H groups in total. The number of hydrogen-bond donors (Lipinski definition) is 1. The molecule has 0 fully saturated rings. The average Bonchev–Trinajstić information content (AvgIpc) is 3.40. The average molecular weight is 415 g/mol. The van der Waals surface area contributed by atoms with Crippen LogP contribution in [0.3, 0.4) is 0 Å². The molecule has 1 atom stereocenters. The number of thiophene rings is 1. The van der Waals surface area contributed by atoms with E-state index < -0.39 is 15.1 Å². The Morgan fingerprint density at radius 2 is 1.82 bits per heavy atom. The van der Waals surface area contributed by atoms with Gasteiger partial charge in [0.2, 0.25) is 6.79 Å². The van der Waals surface area contributed by atoms with Gasteiger partial charge in [-0.05, 0) is 35.7 Å². The van der Waals surface area contributed by atoms with Crippen LogP contribution in [-0.4, -0.2) is 27.7 Å². The number of ether oxygens (including phenoxy) is 2. The Balaban J connectivity index is 1.62. The first-order valence-electron chi connectivity index (χ1n) is 8.56. The van der Waals surface area contributed by atoms with Crippen LogP contribution in [0, 0.1) is 0 Å². The first-order chi connectivity index (χ1) is 13.6. The molecule has 0 spiro atoms. The summed E-state index contributed by atoms with van der Waals surface area (Å²) in [5.74, 6) is 0.603. The van der Waals surface area contributed by atoms with Gasteiger partial charge in [0.05, 0.1) is 4.90 Å². The van der Waals surface area contributed by atoms with E-state index in [0.717, 1.165) is 0 Å². The van der Waals surface area contributed by atoms with E-state index in [0.29, 0.717) is 21.9 Å². The number of sulfone groups is 1. The maximum atomic E-state index is 13.3. The lowest BCUT2D eigenvalue weighted by Gasteiger charge is -2.18. The van der Waals surface area contributed by atoms with E-state index >= 15 is 0 Å². The molecular formula is C20H17NO5S2. The van der Waals surface area contributed by atoms with Crippen molar-refractivity contribution in [2.75, 3.05) is 13.3 Å². The van der Waals surface area contributed by atoms with Crippen LogP contribution in [0.4, 0.5) is 0 Å². The van der Waals surface area contributed by atoms with E-state index in [1.54, 1.807) is 42.5 Å². The molecule has 0 aliphatic carbocycles. The summed E-state index contributed by atoms with van der Waals surface area (Å²) < 4.78 is 37.2. The van der Waals surface area contributed by atoms with Crippen LogP contribution < -0.4 is 14.8 Å². The fourth-order valence-corrected chi connectivity index (χ4v) is 5.73. The number of rotatable bonds is 6. The third-order valence-electron chi connectivity index (χ3n) is 4.39. The van der Waals surface area contributed by atoms with E-state index in [1.807, 2.05) is 11.4 Å². The number of carbonyl (C=O) groups is 1. The number of carbonyl (C=O) groups excluding carboxylic acids is 1. The fraction of sp³-hybridized carbons (Fsp3) is 0.150. The van der Waals surface area contributed by atoms with Gasteiger partial charge >= 0.3 is 0 Å². The highest BCUT2D eigenvalue weighted by Crippen LogP contribution is 2.38. The van der Waals surface area contributed by atoms with Crippen molar-refractivity contribution < 1.29 is 22.7 Å². The summed E-state index contributed by atoms with van der Waals surface area (Å²) in [6, 6.07) is 16.8. The number of hydrogen-bond acceptors (Lipinski definition) is 6. The minimum absolute atomic E-state index is 0.0367. The highest BCUT2D eigenvalue weighted by molar-refractivity contribution is 7.91. The fourth-order valence-electron chi connectivity index (χ4n) is 2.93. The number of amides is 1. The van der Waals surface area contributed by atoms with Crippen molar-refractivity contribution in [3.8, 4) is 11.5 Å². The zero-order valence-corrected chi connectivity index (χ0v) is 16.3. The van der Waals surface area contributed by atoms with Gasteiger partial charge in [-0.15, -0.1) is 11.3 Å². The summed E-state index contributed by atoms with van der Waals surface area (Å²) >= 11 is 1.34. The molecule has 1 aromatic heterocycles. The quantitative estimate of drug-likeness (QED) is 0.667. The second kappa shape index (κ2) is 7.65. The molecule has 0 saturated heterocycles. The van der Waals surface area contributed by atoms with Crippen molar-refractivity contribution in [3.63, 3.8) is 0 Å². The molecule has 28 heavy (non-hydrogen) atoms. The summed E-state index contributed by atoms with van der Waals surface area (Å²) in [4.78, 5) is 13.2. The van der Waals surface area contributed by atoms with Gasteiger partial charge < -0.3 is 14.8 Å². The zero-order chi connectivity index (χ0) is 19.6. The number of nitrogens with one attached hydrogen (secondary N) is 1. The van der Waals surface area contributed by atoms with Crippen molar-refractivity contribution in [2.45, 2.75) is 10.1 Å². The van der Waals surface area contributed by atoms with Crippen LogP contribution in [-0.2, 0) is 9.84 Å². The van der Waals surface area contributed by atoms with Crippen LogP contribution >= 0.6 is 11.3 Å². The van der Waals surface area contributed by atoms with E-state index in [-0.39, 0.29) is 24.1 Å². The van der Waals surface area contributed by atoms with Gasteiger partial charge in [0.15, 0.2) is 21.3 Å². The van der Waals surface area contributed by atoms with E-state index in [2.05, 4.69) is 5.32 Å². The van der Waals surface area contributed by atoms with E-state index in [9.17, 15) is 13.2 Å². The van der Waals surface area contributed by atoms with Gasteiger partial charge in [-0.3, -0.25) is 4.79 Å². The van der Waals surface area contributed by atoms with Gasteiger partial charge in [0.25, 0.3) is 5.91 Å². The normalized spacial score (nSPS) is 13.9. The second-order valence-corrected chi connectivity index (χ2v) is 9.25. The summed E-state index contributed by atoms with van der Waals surface area (Å²) in [7, 11) is -3.76. The summed E-state index contributed by atoms with van der Waals surface area (Å²) in [6.07, 6.45) is 0. The summed E-state index contributed by atoms with van der Waals surface area (Å²) in [6.45, 7) is 0.0331. The van der Waals surface area contributed by atoms with Crippen LogP contribution in [0.15, 0.2) is 70.9 Å². The molecule has 3 aromatic rings. The van der Waals surface area contributed by atoms with Gasteiger partial charge in [-0.1, -0.05) is 24.3 Å². The lowest BCUT2D eigenvalue weighted by molar-refractivity contribution is 0.0953. The predicted octanol–water partition coefficient (Wildman–Crippen LogP) is 3.42. The van der Waals surface area contributed by atoms with E-state index in [1.165, 1.54) is 23.5 Å². The van der Waals surface area contributed by atoms with Crippen molar-refractivity contribution in [1.82, 2.24) is 5.32 Å². The van der Waals surface area contributed by atoms with Gasteiger partial charge in [0.1, 0.15) is 5.25 Å². The third kappa shape index (κ3) is 3.61. The van der Waals surface area contributed by atoms with Gasteiger partial charge in [0, 0.05) is 23.1 Å². The van der Waals surface area contributed by atoms with Crippen molar-refractivity contribution in [3.05, 3.63) is 76.5 Å². The minimum Gasteiger partial charge on any atom is -0.454 e. The second-order valence-electron chi connectivity index (χ2n) is 6.14. The Labute approximate surface area is 166 Å². The van der Waals surface area contributed by atoms with Crippen molar-refractivity contribution in [2.24, 2.45) is 0 Å². The Hall–Kier alpha value is -2.84. The monoisotopic (exact) mass is 415 g/mol. The molecule has 0 bridgehead atoms. The predicted molar refractivity (Wildman–Crippen MR) is 106 cm³/mol. The number of fused-ring (bicyclic) bond motifs is 1. The van der Waals surface area contributed by atoms with Gasteiger partial charge in [-0.2, -0.15) is 0 Å². The maximum absolute atomic E-state index is 13.3. The molecular weight excluding hydrogens is 398 g/mol. The van der Waals surface area contributed by atoms with Crippen molar-refractivity contribution in [1.29, 1.82) is 0 Å². The molecule has 1 aliphatic rings. The minimum atomic E-state index is -3.76.